The van der Waals surface area contributed by atoms with Crippen LogP contribution in [0.2, 0.25) is 0 Å². The summed E-state index contributed by atoms with van der Waals surface area (Å²) in [6, 6.07) is 3.83. The van der Waals surface area contributed by atoms with Crippen molar-refractivity contribution in [3.63, 3.8) is 0 Å². The molecule has 0 bridgehead atoms. The van der Waals surface area contributed by atoms with Gasteiger partial charge in [0.15, 0.2) is 11.5 Å². The lowest BCUT2D eigenvalue weighted by atomic mass is 10.0. The molecule has 1 fully saturated rings. The number of alkyl halides is 3. The number of carbonyl (C=O) groups excluding carboxylic acids is 1. The average Bonchev–Trinajstić information content (AvgIpc) is 2.60. The first kappa shape index (κ1) is 17.1. The van der Waals surface area contributed by atoms with E-state index in [4.69, 9.17) is 0 Å². The smallest absolute Gasteiger partial charge is 0.368 e. The Hall–Kier alpha value is -2.71. The van der Waals surface area contributed by atoms with E-state index >= 15 is 0 Å². The topological polar surface area (TPSA) is 79.8 Å². The number of nitrogens with one attached hydrogen (secondary N) is 2. The SMILES string of the molecule is O=C1CCC[C@H](CNc2cc(C(F)(F)F)nc(-c3ccncc3)n2)N1. The van der Waals surface area contributed by atoms with Crippen LogP contribution in [0.5, 0.6) is 0 Å². The van der Waals surface area contributed by atoms with Crippen LogP contribution in [-0.4, -0.2) is 33.4 Å². The highest BCUT2D eigenvalue weighted by atomic mass is 19.4. The van der Waals surface area contributed by atoms with Gasteiger partial charge in [0.05, 0.1) is 0 Å². The molecule has 25 heavy (non-hydrogen) atoms. The van der Waals surface area contributed by atoms with Gasteiger partial charge in [-0.15, -0.1) is 0 Å². The number of hydrogen-bond donors (Lipinski definition) is 2. The summed E-state index contributed by atoms with van der Waals surface area (Å²) in [7, 11) is 0. The molecule has 0 unspecified atom stereocenters. The number of halogens is 3. The van der Waals surface area contributed by atoms with Crippen molar-refractivity contribution in [1.29, 1.82) is 0 Å². The summed E-state index contributed by atoms with van der Waals surface area (Å²) < 4.78 is 39.4. The third-order valence-corrected chi connectivity index (χ3v) is 3.81. The molecule has 1 saturated heterocycles. The fourth-order valence-corrected chi connectivity index (χ4v) is 2.57. The molecule has 3 rings (SSSR count). The fraction of sp³-hybridized carbons (Fsp3) is 0.375. The molecule has 0 radical (unpaired) electrons. The van der Waals surface area contributed by atoms with E-state index in [-0.39, 0.29) is 23.6 Å². The number of rotatable bonds is 4. The fourth-order valence-electron chi connectivity index (χ4n) is 2.57. The molecular formula is C16H16F3N5O. The summed E-state index contributed by atoms with van der Waals surface area (Å²) in [6.45, 7) is 0.301. The molecule has 132 valence electrons. The standard InChI is InChI=1S/C16H16F3N5O/c17-16(18,19)12-8-13(21-9-11-2-1-3-14(25)22-11)24-15(23-12)10-4-6-20-7-5-10/h4-8,11H,1-3,9H2,(H,22,25)(H,21,23,24)/t11-/m1/s1. The third kappa shape index (κ3) is 4.43. The van der Waals surface area contributed by atoms with Gasteiger partial charge in [-0.1, -0.05) is 0 Å². The number of nitrogens with zero attached hydrogens (tertiary/aromatic N) is 3. The summed E-state index contributed by atoms with van der Waals surface area (Å²) in [4.78, 5) is 23.0. The van der Waals surface area contributed by atoms with Crippen molar-refractivity contribution in [2.75, 3.05) is 11.9 Å². The predicted molar refractivity (Wildman–Crippen MR) is 84.5 cm³/mol. The summed E-state index contributed by atoms with van der Waals surface area (Å²) >= 11 is 0. The van der Waals surface area contributed by atoms with Crippen molar-refractivity contribution < 1.29 is 18.0 Å². The van der Waals surface area contributed by atoms with E-state index in [1.807, 2.05) is 0 Å². The van der Waals surface area contributed by atoms with Crippen LogP contribution in [-0.2, 0) is 11.0 Å². The summed E-state index contributed by atoms with van der Waals surface area (Å²) in [5.74, 6) is -0.0180. The Kier molecular flexibility index (Phi) is 4.82. The monoisotopic (exact) mass is 351 g/mol. The summed E-state index contributed by atoms with van der Waals surface area (Å²) in [5, 5.41) is 5.68. The van der Waals surface area contributed by atoms with Crippen molar-refractivity contribution in [2.24, 2.45) is 0 Å². The highest BCUT2D eigenvalue weighted by Crippen LogP contribution is 2.30. The number of piperidine rings is 1. The Labute approximate surface area is 141 Å². The van der Waals surface area contributed by atoms with Crippen LogP contribution >= 0.6 is 0 Å². The van der Waals surface area contributed by atoms with Gasteiger partial charge in [0.25, 0.3) is 0 Å². The molecule has 2 aromatic heterocycles. The summed E-state index contributed by atoms with van der Waals surface area (Å²) in [5.41, 5.74) is -0.584. The minimum Gasteiger partial charge on any atom is -0.368 e. The van der Waals surface area contributed by atoms with Gasteiger partial charge in [-0.2, -0.15) is 13.2 Å². The number of carbonyl (C=O) groups is 1. The molecule has 0 saturated carbocycles. The van der Waals surface area contributed by atoms with Crippen LogP contribution in [0, 0.1) is 0 Å². The van der Waals surface area contributed by atoms with Crippen LogP contribution in [0.4, 0.5) is 19.0 Å². The zero-order valence-electron chi connectivity index (χ0n) is 13.2. The molecule has 0 spiro atoms. The minimum atomic E-state index is -4.58. The first-order chi connectivity index (χ1) is 11.9. The second kappa shape index (κ2) is 7.04. The third-order valence-electron chi connectivity index (χ3n) is 3.81. The van der Waals surface area contributed by atoms with Crippen LogP contribution in [0.25, 0.3) is 11.4 Å². The maximum absolute atomic E-state index is 13.1. The lowest BCUT2D eigenvalue weighted by Gasteiger charge is -2.23. The van der Waals surface area contributed by atoms with Crippen molar-refractivity contribution >= 4 is 11.7 Å². The Morgan fingerprint density at radius 1 is 1.24 bits per heavy atom. The van der Waals surface area contributed by atoms with Gasteiger partial charge in [0, 0.05) is 43.0 Å². The lowest BCUT2D eigenvalue weighted by Crippen LogP contribution is -2.42. The van der Waals surface area contributed by atoms with E-state index in [9.17, 15) is 18.0 Å². The first-order valence-corrected chi connectivity index (χ1v) is 7.82. The zero-order chi connectivity index (χ0) is 17.9. The Balaban J connectivity index is 1.83. The largest absolute Gasteiger partial charge is 0.433 e. The number of amides is 1. The zero-order valence-corrected chi connectivity index (χ0v) is 13.2. The molecular weight excluding hydrogens is 335 g/mol. The Morgan fingerprint density at radius 2 is 2.00 bits per heavy atom. The average molecular weight is 351 g/mol. The van der Waals surface area contributed by atoms with Crippen molar-refractivity contribution in [3.05, 3.63) is 36.3 Å². The molecule has 1 atom stereocenters. The lowest BCUT2D eigenvalue weighted by molar-refractivity contribution is -0.141. The first-order valence-electron chi connectivity index (χ1n) is 7.82. The van der Waals surface area contributed by atoms with E-state index in [0.717, 1.165) is 18.9 Å². The van der Waals surface area contributed by atoms with E-state index in [1.54, 1.807) is 12.1 Å². The van der Waals surface area contributed by atoms with Gasteiger partial charge in [-0.25, -0.2) is 9.97 Å². The van der Waals surface area contributed by atoms with Crippen LogP contribution in [0.3, 0.4) is 0 Å². The molecule has 1 amide bonds. The molecule has 3 heterocycles. The molecule has 2 N–H and O–H groups in total. The number of aromatic nitrogens is 3. The highest BCUT2D eigenvalue weighted by Gasteiger charge is 2.34. The minimum absolute atomic E-state index is 0.0348. The second-order valence-electron chi connectivity index (χ2n) is 5.73. The van der Waals surface area contributed by atoms with Crippen LogP contribution in [0.1, 0.15) is 25.0 Å². The molecule has 1 aliphatic rings. The molecule has 0 aliphatic carbocycles. The molecule has 0 aromatic carbocycles. The van der Waals surface area contributed by atoms with Gasteiger partial charge in [-0.05, 0) is 25.0 Å². The maximum atomic E-state index is 13.1. The summed E-state index contributed by atoms with van der Waals surface area (Å²) in [6.07, 6.45) is 0.354. The quantitative estimate of drug-likeness (QED) is 0.885. The molecule has 2 aromatic rings. The number of pyridine rings is 1. The van der Waals surface area contributed by atoms with Crippen LogP contribution in [0.15, 0.2) is 30.6 Å². The van der Waals surface area contributed by atoms with Gasteiger partial charge < -0.3 is 10.6 Å². The van der Waals surface area contributed by atoms with Crippen molar-refractivity contribution in [1.82, 2.24) is 20.3 Å². The molecule has 1 aliphatic heterocycles. The molecule has 9 heteroatoms. The van der Waals surface area contributed by atoms with Crippen molar-refractivity contribution in [2.45, 2.75) is 31.5 Å². The van der Waals surface area contributed by atoms with Gasteiger partial charge in [0.1, 0.15) is 5.82 Å². The molecule has 6 nitrogen and oxygen atoms in total. The Morgan fingerprint density at radius 3 is 2.68 bits per heavy atom. The van der Waals surface area contributed by atoms with E-state index < -0.39 is 11.9 Å². The number of hydrogen-bond acceptors (Lipinski definition) is 5. The normalized spacial score (nSPS) is 17.9. The van der Waals surface area contributed by atoms with E-state index in [2.05, 4.69) is 25.6 Å². The van der Waals surface area contributed by atoms with E-state index in [1.165, 1.54) is 12.4 Å². The van der Waals surface area contributed by atoms with Gasteiger partial charge in [-0.3, -0.25) is 9.78 Å². The van der Waals surface area contributed by atoms with Crippen molar-refractivity contribution in [3.8, 4) is 11.4 Å². The van der Waals surface area contributed by atoms with Crippen LogP contribution < -0.4 is 10.6 Å². The Bertz CT molecular complexity index is 751. The maximum Gasteiger partial charge on any atom is 0.433 e. The second-order valence-corrected chi connectivity index (χ2v) is 5.73. The predicted octanol–water partition coefficient (Wildman–Crippen LogP) is 2.64. The van der Waals surface area contributed by atoms with Gasteiger partial charge >= 0.3 is 6.18 Å². The van der Waals surface area contributed by atoms with Gasteiger partial charge in [0.2, 0.25) is 5.91 Å². The highest BCUT2D eigenvalue weighted by molar-refractivity contribution is 5.77. The number of anilines is 1. The van der Waals surface area contributed by atoms with E-state index in [0.29, 0.717) is 18.5 Å².